The molecule has 3 N–H and O–H groups in total. The molecule has 0 saturated carbocycles. The van der Waals surface area contributed by atoms with Gasteiger partial charge in [-0.2, -0.15) is 0 Å². The standard InChI is InChI=1S/C27H35F2N7O2/c1-16(2)21-12-30-8-6-27(21,25-15-33-36-38-25)7-9-37-24-14-32-26(34-17(24)3)35-23-13-31-11-20(23)19-10-18(28)4-5-22(19)29/h4-5,10,14-16,20-21,23,30-31H,6-9,11-13H2,1-3H3,(H,32,34,35)/t20-,21?,23+,27+/m1/s1. The van der Waals surface area contributed by atoms with Gasteiger partial charge in [-0.05, 0) is 68.5 Å². The minimum absolute atomic E-state index is 0.180. The van der Waals surface area contributed by atoms with Crippen molar-refractivity contribution in [2.45, 2.75) is 51.0 Å². The Morgan fingerprint density at radius 2 is 2.05 bits per heavy atom. The third-order valence-electron chi connectivity index (χ3n) is 8.10. The van der Waals surface area contributed by atoms with Crippen LogP contribution in [0, 0.1) is 30.4 Å². The van der Waals surface area contributed by atoms with Crippen molar-refractivity contribution in [3.05, 3.63) is 59.2 Å². The topological polar surface area (TPSA) is 110 Å². The van der Waals surface area contributed by atoms with E-state index in [2.05, 4.69) is 50.1 Å². The fraction of sp³-hybridized carbons (Fsp3) is 0.556. The fourth-order valence-electron chi connectivity index (χ4n) is 6.08. The van der Waals surface area contributed by atoms with Gasteiger partial charge in [-0.25, -0.2) is 18.7 Å². The average Bonchev–Trinajstić information content (AvgIpc) is 3.60. The van der Waals surface area contributed by atoms with Crippen LogP contribution in [0.15, 0.2) is 35.1 Å². The maximum Gasteiger partial charge on any atom is 0.223 e. The molecular weight excluding hydrogens is 492 g/mol. The maximum absolute atomic E-state index is 14.4. The first-order chi connectivity index (χ1) is 18.4. The number of nitrogens with zero attached hydrogens (tertiary/aromatic N) is 4. The molecule has 2 aromatic heterocycles. The smallest absolute Gasteiger partial charge is 0.223 e. The Bertz CT molecular complexity index is 1230. The van der Waals surface area contributed by atoms with Crippen LogP contribution in [0.5, 0.6) is 5.75 Å². The zero-order valence-electron chi connectivity index (χ0n) is 22.0. The summed E-state index contributed by atoms with van der Waals surface area (Å²) in [5.74, 6) is 1.52. The highest BCUT2D eigenvalue weighted by Crippen LogP contribution is 2.44. The Morgan fingerprint density at radius 1 is 1.18 bits per heavy atom. The summed E-state index contributed by atoms with van der Waals surface area (Å²) in [5, 5.41) is 17.7. The summed E-state index contributed by atoms with van der Waals surface area (Å²) in [4.78, 5) is 9.04. The SMILES string of the molecule is Cc1nc(N[C@H]2CNC[C@@H]2c2cc(F)ccc2F)ncc1OCC[C@@]1(c2cnno2)CCNCC1C(C)C. The van der Waals surface area contributed by atoms with Crippen LogP contribution in [-0.2, 0) is 5.41 Å². The van der Waals surface area contributed by atoms with Gasteiger partial charge in [0, 0.05) is 35.7 Å². The van der Waals surface area contributed by atoms with Crippen LogP contribution in [0.25, 0.3) is 0 Å². The summed E-state index contributed by atoms with van der Waals surface area (Å²) in [5.41, 5.74) is 0.830. The monoisotopic (exact) mass is 527 g/mol. The third kappa shape index (κ3) is 5.35. The highest BCUT2D eigenvalue weighted by Gasteiger charge is 2.46. The summed E-state index contributed by atoms with van der Waals surface area (Å²) in [6, 6.07) is 3.38. The minimum atomic E-state index is -0.453. The average molecular weight is 528 g/mol. The van der Waals surface area contributed by atoms with Crippen molar-refractivity contribution in [2.75, 3.05) is 38.1 Å². The van der Waals surface area contributed by atoms with E-state index in [-0.39, 0.29) is 17.4 Å². The van der Waals surface area contributed by atoms with Gasteiger partial charge in [0.05, 0.1) is 24.7 Å². The van der Waals surface area contributed by atoms with Crippen molar-refractivity contribution in [1.82, 2.24) is 31.0 Å². The molecule has 4 heterocycles. The molecule has 2 aliphatic heterocycles. The number of anilines is 1. The molecule has 0 spiro atoms. The highest BCUT2D eigenvalue weighted by molar-refractivity contribution is 5.37. The molecule has 2 saturated heterocycles. The molecule has 9 nitrogen and oxygen atoms in total. The summed E-state index contributed by atoms with van der Waals surface area (Å²) in [7, 11) is 0. The van der Waals surface area contributed by atoms with Crippen molar-refractivity contribution < 1.29 is 18.0 Å². The Labute approximate surface area is 221 Å². The van der Waals surface area contributed by atoms with Gasteiger partial charge in [-0.1, -0.05) is 13.8 Å². The number of piperidine rings is 1. The lowest BCUT2D eigenvalue weighted by atomic mass is 9.63. The fourth-order valence-corrected chi connectivity index (χ4v) is 6.08. The van der Waals surface area contributed by atoms with E-state index in [9.17, 15) is 8.78 Å². The minimum Gasteiger partial charge on any atom is -0.490 e. The van der Waals surface area contributed by atoms with E-state index in [0.717, 1.165) is 37.8 Å². The van der Waals surface area contributed by atoms with Gasteiger partial charge in [0.25, 0.3) is 0 Å². The molecule has 11 heteroatoms. The summed E-state index contributed by atoms with van der Waals surface area (Å²) in [6.45, 7) is 9.71. The van der Waals surface area contributed by atoms with E-state index < -0.39 is 11.6 Å². The van der Waals surface area contributed by atoms with Crippen LogP contribution >= 0.6 is 0 Å². The lowest BCUT2D eigenvalue weighted by Crippen LogP contribution is -2.50. The number of aromatic nitrogens is 4. The number of ether oxygens (including phenoxy) is 1. The highest BCUT2D eigenvalue weighted by atomic mass is 19.1. The molecule has 204 valence electrons. The van der Waals surface area contributed by atoms with E-state index in [1.54, 1.807) is 12.4 Å². The Kier molecular flexibility index (Phi) is 7.85. The van der Waals surface area contributed by atoms with Crippen molar-refractivity contribution in [3.8, 4) is 5.75 Å². The molecule has 1 unspecified atom stereocenters. The van der Waals surface area contributed by atoms with Crippen molar-refractivity contribution in [2.24, 2.45) is 11.8 Å². The third-order valence-corrected chi connectivity index (χ3v) is 8.10. The quantitative estimate of drug-likeness (QED) is 0.385. The molecule has 0 aliphatic carbocycles. The number of hydrogen-bond donors (Lipinski definition) is 3. The molecule has 3 aromatic rings. The lowest BCUT2D eigenvalue weighted by Gasteiger charge is -2.44. The van der Waals surface area contributed by atoms with Gasteiger partial charge in [0.1, 0.15) is 11.6 Å². The number of benzene rings is 1. The molecule has 5 rings (SSSR count). The van der Waals surface area contributed by atoms with Crippen LogP contribution in [0.2, 0.25) is 0 Å². The van der Waals surface area contributed by atoms with Crippen LogP contribution in [0.4, 0.5) is 14.7 Å². The first kappa shape index (κ1) is 26.4. The number of aryl methyl sites for hydroxylation is 1. The van der Waals surface area contributed by atoms with Gasteiger partial charge in [0.2, 0.25) is 5.95 Å². The van der Waals surface area contributed by atoms with E-state index in [4.69, 9.17) is 9.26 Å². The lowest BCUT2D eigenvalue weighted by molar-refractivity contribution is 0.0900. The van der Waals surface area contributed by atoms with Crippen LogP contribution in [0.3, 0.4) is 0 Å². The first-order valence-corrected chi connectivity index (χ1v) is 13.2. The zero-order chi connectivity index (χ0) is 26.7. The number of hydrogen-bond acceptors (Lipinski definition) is 9. The zero-order valence-corrected chi connectivity index (χ0v) is 22.0. The number of rotatable bonds is 9. The number of halogens is 2. The van der Waals surface area contributed by atoms with Crippen molar-refractivity contribution >= 4 is 5.95 Å². The molecule has 0 bridgehead atoms. The predicted molar refractivity (Wildman–Crippen MR) is 138 cm³/mol. The van der Waals surface area contributed by atoms with Crippen molar-refractivity contribution in [1.29, 1.82) is 0 Å². The second-order valence-electron chi connectivity index (χ2n) is 10.7. The van der Waals surface area contributed by atoms with E-state index in [1.807, 2.05) is 6.92 Å². The van der Waals surface area contributed by atoms with Crippen LogP contribution < -0.4 is 20.7 Å². The molecule has 0 amide bonds. The largest absolute Gasteiger partial charge is 0.490 e. The molecule has 2 fully saturated rings. The van der Waals surface area contributed by atoms with E-state index in [0.29, 0.717) is 54.5 Å². The molecule has 38 heavy (non-hydrogen) atoms. The predicted octanol–water partition coefficient (Wildman–Crippen LogP) is 3.59. The maximum atomic E-state index is 14.4. The van der Waals surface area contributed by atoms with E-state index in [1.165, 1.54) is 12.1 Å². The van der Waals surface area contributed by atoms with Gasteiger partial charge < -0.3 is 25.2 Å². The molecule has 0 radical (unpaired) electrons. The Morgan fingerprint density at radius 3 is 2.82 bits per heavy atom. The van der Waals surface area contributed by atoms with Gasteiger partial charge in [-0.15, -0.1) is 5.10 Å². The summed E-state index contributed by atoms with van der Waals surface area (Å²) < 4.78 is 39.9. The Balaban J connectivity index is 1.25. The summed E-state index contributed by atoms with van der Waals surface area (Å²) >= 11 is 0. The second-order valence-corrected chi connectivity index (χ2v) is 10.7. The normalized spacial score (nSPS) is 25.6. The summed E-state index contributed by atoms with van der Waals surface area (Å²) in [6.07, 6.45) is 5.06. The van der Waals surface area contributed by atoms with Gasteiger partial charge >= 0.3 is 0 Å². The van der Waals surface area contributed by atoms with Crippen LogP contribution in [-0.4, -0.2) is 59.2 Å². The van der Waals surface area contributed by atoms with Gasteiger partial charge in [-0.3, -0.25) is 0 Å². The Hall–Kier alpha value is -3.18. The first-order valence-electron chi connectivity index (χ1n) is 13.2. The van der Waals surface area contributed by atoms with E-state index >= 15 is 0 Å². The second kappa shape index (κ2) is 11.3. The van der Waals surface area contributed by atoms with Gasteiger partial charge in [0.15, 0.2) is 11.5 Å². The van der Waals surface area contributed by atoms with Crippen LogP contribution in [0.1, 0.15) is 49.6 Å². The van der Waals surface area contributed by atoms with Crippen molar-refractivity contribution in [3.63, 3.8) is 0 Å². The molecular formula is C27H35F2N7O2. The molecule has 4 atom stereocenters. The number of nitrogens with one attached hydrogen (secondary N) is 3. The molecule has 1 aromatic carbocycles. The molecule has 2 aliphatic rings.